The number of anilines is 1. The average molecular weight is 503 g/mol. The summed E-state index contributed by atoms with van der Waals surface area (Å²) in [7, 11) is 0. The second-order valence-corrected chi connectivity index (χ2v) is 9.80. The molecule has 0 saturated carbocycles. The van der Waals surface area contributed by atoms with E-state index in [1.165, 1.54) is 11.6 Å². The molecular formula is C32H30N4O2. The minimum atomic E-state index is -0.183. The summed E-state index contributed by atoms with van der Waals surface area (Å²) >= 11 is 0. The van der Waals surface area contributed by atoms with Crippen LogP contribution in [0, 0.1) is 0 Å². The van der Waals surface area contributed by atoms with E-state index in [9.17, 15) is 4.79 Å². The lowest BCUT2D eigenvalue weighted by molar-refractivity contribution is 0.211. The molecule has 0 bridgehead atoms. The first-order valence-corrected chi connectivity index (χ1v) is 13.1. The van der Waals surface area contributed by atoms with Gasteiger partial charge in [-0.05, 0) is 78.1 Å². The molecule has 2 N–H and O–H groups in total. The third kappa shape index (κ3) is 5.61. The highest BCUT2D eigenvalue weighted by Gasteiger charge is 2.19. The molecule has 6 rings (SSSR count). The summed E-state index contributed by atoms with van der Waals surface area (Å²) in [5, 5.41) is 4.59. The number of aromatic nitrogens is 2. The van der Waals surface area contributed by atoms with Gasteiger partial charge in [-0.25, -0.2) is 0 Å². The van der Waals surface area contributed by atoms with Crippen LogP contribution in [0.25, 0.3) is 22.0 Å². The Morgan fingerprint density at radius 3 is 2.47 bits per heavy atom. The summed E-state index contributed by atoms with van der Waals surface area (Å²) in [6.07, 6.45) is 5.99. The molecular weight excluding hydrogens is 472 g/mol. The number of hydrogen-bond donors (Lipinski definition) is 2. The molecule has 1 aliphatic heterocycles. The first-order valence-electron chi connectivity index (χ1n) is 13.1. The number of likely N-dealkylation sites (tertiary alicyclic amines) is 1. The van der Waals surface area contributed by atoms with Crippen molar-refractivity contribution in [2.45, 2.75) is 25.4 Å². The van der Waals surface area contributed by atoms with E-state index < -0.39 is 0 Å². The molecule has 1 saturated heterocycles. The van der Waals surface area contributed by atoms with Gasteiger partial charge in [0.15, 0.2) is 0 Å². The third-order valence-electron chi connectivity index (χ3n) is 7.11. The number of H-pyrrole nitrogens is 1. The molecule has 1 fully saturated rings. The molecule has 0 radical (unpaired) electrons. The van der Waals surface area contributed by atoms with Crippen molar-refractivity contribution in [3.8, 4) is 22.6 Å². The summed E-state index contributed by atoms with van der Waals surface area (Å²) in [5.41, 5.74) is 5.22. The van der Waals surface area contributed by atoms with Crippen molar-refractivity contribution in [2.75, 3.05) is 18.4 Å². The van der Waals surface area contributed by atoms with Crippen LogP contribution in [0.4, 0.5) is 5.69 Å². The minimum Gasteiger partial charge on any atom is -0.456 e. The molecule has 3 aromatic carbocycles. The average Bonchev–Trinajstić information content (AvgIpc) is 2.95. The second-order valence-electron chi connectivity index (χ2n) is 9.80. The number of hydrogen-bond acceptors (Lipinski definition) is 5. The number of ether oxygens (including phenoxy) is 1. The lowest BCUT2D eigenvalue weighted by Gasteiger charge is -2.32. The number of benzene rings is 3. The summed E-state index contributed by atoms with van der Waals surface area (Å²) < 4.78 is 6.17. The van der Waals surface area contributed by atoms with Crippen molar-refractivity contribution in [3.63, 3.8) is 0 Å². The van der Waals surface area contributed by atoms with Crippen LogP contribution in [-0.4, -0.2) is 34.0 Å². The topological polar surface area (TPSA) is 70.2 Å². The van der Waals surface area contributed by atoms with Crippen LogP contribution >= 0.6 is 0 Å². The fourth-order valence-corrected chi connectivity index (χ4v) is 5.10. The van der Waals surface area contributed by atoms with E-state index in [-0.39, 0.29) is 5.56 Å². The van der Waals surface area contributed by atoms with E-state index in [4.69, 9.17) is 4.74 Å². The maximum absolute atomic E-state index is 12.1. The molecule has 6 heteroatoms. The highest BCUT2D eigenvalue weighted by Crippen LogP contribution is 2.31. The first-order chi connectivity index (χ1) is 18.7. The van der Waals surface area contributed by atoms with Crippen LogP contribution in [0.5, 0.6) is 11.5 Å². The van der Waals surface area contributed by atoms with Crippen molar-refractivity contribution in [1.82, 2.24) is 14.9 Å². The van der Waals surface area contributed by atoms with Gasteiger partial charge in [0.1, 0.15) is 11.5 Å². The number of fused-ring (bicyclic) bond motifs is 1. The molecule has 5 aromatic rings. The molecule has 6 nitrogen and oxygen atoms in total. The highest BCUT2D eigenvalue weighted by molar-refractivity contribution is 5.85. The minimum absolute atomic E-state index is 0.183. The van der Waals surface area contributed by atoms with Gasteiger partial charge in [0.2, 0.25) is 0 Å². The Bertz CT molecular complexity index is 1570. The zero-order valence-electron chi connectivity index (χ0n) is 21.1. The van der Waals surface area contributed by atoms with Gasteiger partial charge in [-0.3, -0.25) is 14.7 Å². The Hall–Kier alpha value is -4.42. The van der Waals surface area contributed by atoms with Gasteiger partial charge in [0, 0.05) is 55.2 Å². The molecule has 0 unspecified atom stereocenters. The molecule has 2 aromatic heterocycles. The van der Waals surface area contributed by atoms with Crippen molar-refractivity contribution in [3.05, 3.63) is 119 Å². The number of rotatable bonds is 7. The van der Waals surface area contributed by atoms with Crippen LogP contribution < -0.4 is 15.6 Å². The van der Waals surface area contributed by atoms with Crippen molar-refractivity contribution in [2.24, 2.45) is 0 Å². The molecule has 0 aliphatic carbocycles. The number of piperidine rings is 1. The summed E-state index contributed by atoms with van der Waals surface area (Å²) in [6, 6.07) is 30.4. The van der Waals surface area contributed by atoms with E-state index in [0.29, 0.717) is 17.5 Å². The van der Waals surface area contributed by atoms with Gasteiger partial charge in [0.25, 0.3) is 5.56 Å². The third-order valence-corrected chi connectivity index (χ3v) is 7.11. The summed E-state index contributed by atoms with van der Waals surface area (Å²) in [4.78, 5) is 21.6. The van der Waals surface area contributed by atoms with E-state index in [1.807, 2.05) is 54.9 Å². The van der Waals surface area contributed by atoms with E-state index in [1.54, 1.807) is 0 Å². The number of nitrogens with zero attached hydrogens (tertiary/aromatic N) is 2. The van der Waals surface area contributed by atoms with Crippen LogP contribution in [0.15, 0.2) is 108 Å². The normalized spacial score (nSPS) is 14.4. The molecule has 38 heavy (non-hydrogen) atoms. The summed E-state index contributed by atoms with van der Waals surface area (Å²) in [5.74, 6) is 1.24. The maximum atomic E-state index is 12.1. The maximum Gasteiger partial charge on any atom is 0.252 e. The predicted octanol–water partition coefficient (Wildman–Crippen LogP) is 6.46. The van der Waals surface area contributed by atoms with E-state index >= 15 is 0 Å². The fourth-order valence-electron chi connectivity index (χ4n) is 5.10. The monoisotopic (exact) mass is 502 g/mol. The molecule has 190 valence electrons. The van der Waals surface area contributed by atoms with Gasteiger partial charge >= 0.3 is 0 Å². The Morgan fingerprint density at radius 2 is 1.66 bits per heavy atom. The Labute approximate surface area is 221 Å². The number of pyridine rings is 2. The number of para-hydroxylation sites is 1. The van der Waals surface area contributed by atoms with Gasteiger partial charge in [-0.2, -0.15) is 0 Å². The molecule has 1 aliphatic rings. The van der Waals surface area contributed by atoms with E-state index in [0.717, 1.165) is 60.2 Å². The molecule has 3 heterocycles. The predicted molar refractivity (Wildman–Crippen MR) is 153 cm³/mol. The lowest BCUT2D eigenvalue weighted by atomic mass is 10.0. The molecule has 0 amide bonds. The smallest absolute Gasteiger partial charge is 0.252 e. The van der Waals surface area contributed by atoms with Crippen LogP contribution in [-0.2, 0) is 6.54 Å². The van der Waals surface area contributed by atoms with Gasteiger partial charge in [0.05, 0.1) is 5.52 Å². The molecule has 0 atom stereocenters. The Balaban J connectivity index is 1.09. The molecule has 0 spiro atoms. The van der Waals surface area contributed by atoms with Crippen molar-refractivity contribution < 1.29 is 4.74 Å². The van der Waals surface area contributed by atoms with Gasteiger partial charge < -0.3 is 15.0 Å². The van der Waals surface area contributed by atoms with Crippen LogP contribution in [0.3, 0.4) is 0 Å². The Morgan fingerprint density at radius 1 is 0.868 bits per heavy atom. The highest BCUT2D eigenvalue weighted by atomic mass is 16.5. The SMILES string of the molecule is O=c1cc(Oc2cccc(-c3ccc(NC4CCN(Cc5ccncc5)CC4)cc3)c2)c2ccccc2[nH]1. The van der Waals surface area contributed by atoms with E-state index in [2.05, 4.69) is 62.6 Å². The summed E-state index contributed by atoms with van der Waals surface area (Å²) in [6.45, 7) is 3.17. The Kier molecular flexibility index (Phi) is 6.87. The first kappa shape index (κ1) is 23.9. The zero-order chi connectivity index (χ0) is 25.7. The van der Waals surface area contributed by atoms with Gasteiger partial charge in [-0.15, -0.1) is 0 Å². The second kappa shape index (κ2) is 10.9. The number of aromatic amines is 1. The van der Waals surface area contributed by atoms with Gasteiger partial charge in [-0.1, -0.05) is 36.4 Å². The number of nitrogens with one attached hydrogen (secondary N) is 2. The zero-order valence-corrected chi connectivity index (χ0v) is 21.1. The fraction of sp³-hybridized carbons (Fsp3) is 0.188. The lowest BCUT2D eigenvalue weighted by Crippen LogP contribution is -2.38. The standard InChI is InChI=1S/C32H30N4O2/c37-32-21-31(29-6-1-2-7-30(29)35-32)38-28-5-3-4-25(20-28)24-8-10-26(11-9-24)34-27-14-18-36(19-15-27)22-23-12-16-33-17-13-23/h1-13,16-17,20-21,27,34H,14-15,18-19,22H2,(H,35,37). The van der Waals surface area contributed by atoms with Crippen LogP contribution in [0.1, 0.15) is 18.4 Å². The van der Waals surface area contributed by atoms with Crippen molar-refractivity contribution in [1.29, 1.82) is 0 Å². The largest absolute Gasteiger partial charge is 0.456 e. The quantitative estimate of drug-likeness (QED) is 0.267. The van der Waals surface area contributed by atoms with Crippen LogP contribution in [0.2, 0.25) is 0 Å². The van der Waals surface area contributed by atoms with Crippen molar-refractivity contribution >= 4 is 16.6 Å².